The van der Waals surface area contributed by atoms with Crippen LogP contribution in [-0.2, 0) is 22.6 Å². The van der Waals surface area contributed by atoms with Crippen LogP contribution in [0.25, 0.3) is 0 Å². The van der Waals surface area contributed by atoms with Crippen molar-refractivity contribution in [2.45, 2.75) is 39.3 Å². The number of para-hydroxylation sites is 2. The van der Waals surface area contributed by atoms with Crippen LogP contribution >= 0.6 is 11.3 Å². The van der Waals surface area contributed by atoms with Gasteiger partial charge in [0, 0.05) is 17.6 Å². The monoisotopic (exact) mass is 464 g/mol. The van der Waals surface area contributed by atoms with Gasteiger partial charge in [-0.25, -0.2) is 4.98 Å². The summed E-state index contributed by atoms with van der Waals surface area (Å²) < 4.78 is 5.96. The van der Waals surface area contributed by atoms with Gasteiger partial charge >= 0.3 is 0 Å². The van der Waals surface area contributed by atoms with Gasteiger partial charge in [-0.15, -0.1) is 11.3 Å². The van der Waals surface area contributed by atoms with E-state index in [1.165, 1.54) is 11.3 Å². The Labute approximate surface area is 197 Å². The molecule has 2 amide bonds. The highest BCUT2D eigenvalue weighted by atomic mass is 32.1. The van der Waals surface area contributed by atoms with E-state index < -0.39 is 6.10 Å². The first-order valence-corrected chi connectivity index (χ1v) is 12.0. The van der Waals surface area contributed by atoms with Gasteiger partial charge in [0.2, 0.25) is 5.91 Å². The number of hydrogen-bond acceptors (Lipinski definition) is 6. The first-order valence-electron chi connectivity index (χ1n) is 11.1. The van der Waals surface area contributed by atoms with Gasteiger partial charge in [0.05, 0.1) is 30.9 Å². The van der Waals surface area contributed by atoms with Crippen molar-refractivity contribution in [3.63, 3.8) is 0 Å². The van der Waals surface area contributed by atoms with Crippen molar-refractivity contribution in [1.29, 1.82) is 0 Å². The van der Waals surface area contributed by atoms with Crippen molar-refractivity contribution in [2.75, 3.05) is 23.3 Å². The van der Waals surface area contributed by atoms with Crippen molar-refractivity contribution in [3.8, 4) is 5.75 Å². The van der Waals surface area contributed by atoms with Crippen LogP contribution in [0.1, 0.15) is 29.6 Å². The number of hydrogen-bond donors (Lipinski definition) is 2. The van der Waals surface area contributed by atoms with Crippen molar-refractivity contribution in [2.24, 2.45) is 0 Å². The molecule has 3 aromatic rings. The number of amides is 2. The quantitative estimate of drug-likeness (QED) is 0.528. The van der Waals surface area contributed by atoms with Crippen LogP contribution in [0.2, 0.25) is 0 Å². The van der Waals surface area contributed by atoms with E-state index in [0.29, 0.717) is 25.4 Å². The molecule has 1 atom stereocenters. The van der Waals surface area contributed by atoms with E-state index in [2.05, 4.69) is 20.5 Å². The fourth-order valence-electron chi connectivity index (χ4n) is 3.63. The number of carbonyl (C=O) groups excluding carboxylic acids is 2. The molecule has 1 unspecified atom stereocenters. The van der Waals surface area contributed by atoms with Crippen molar-refractivity contribution in [1.82, 2.24) is 10.3 Å². The molecular formula is C25H28N4O3S. The molecular weight excluding hydrogens is 436 g/mol. The number of rotatable bonds is 8. The van der Waals surface area contributed by atoms with Gasteiger partial charge < -0.3 is 20.3 Å². The Bertz CT molecular complexity index is 1110. The van der Waals surface area contributed by atoms with Crippen LogP contribution < -0.4 is 20.3 Å². The minimum absolute atomic E-state index is 0.0934. The molecule has 0 radical (unpaired) electrons. The third-order valence-corrected chi connectivity index (χ3v) is 6.20. The molecule has 0 bridgehead atoms. The summed E-state index contributed by atoms with van der Waals surface area (Å²) in [6.07, 6.45) is 0.517. The lowest BCUT2D eigenvalue weighted by Crippen LogP contribution is -2.48. The van der Waals surface area contributed by atoms with Crippen molar-refractivity contribution < 1.29 is 14.3 Å². The topological polar surface area (TPSA) is 83.6 Å². The average Bonchev–Trinajstić information content (AvgIpc) is 3.25. The smallest absolute Gasteiger partial charge is 0.262 e. The number of thiazole rings is 1. The molecule has 172 valence electrons. The molecule has 8 heteroatoms. The van der Waals surface area contributed by atoms with E-state index in [4.69, 9.17) is 4.74 Å². The maximum Gasteiger partial charge on any atom is 0.262 e. The van der Waals surface area contributed by atoms with Gasteiger partial charge in [-0.2, -0.15) is 0 Å². The van der Waals surface area contributed by atoms with Crippen LogP contribution in [0, 0.1) is 6.92 Å². The SMILES string of the molecule is CCCNC(=O)C1CN(Cc2csc(CC(=O)Nc3ccc(C)cc3)n2)c2ccccc2O1. The second kappa shape index (κ2) is 10.5. The summed E-state index contributed by atoms with van der Waals surface area (Å²) in [7, 11) is 0. The van der Waals surface area contributed by atoms with Crippen LogP contribution in [0.15, 0.2) is 53.9 Å². The maximum absolute atomic E-state index is 12.5. The fourth-order valence-corrected chi connectivity index (χ4v) is 4.42. The Morgan fingerprint density at radius 2 is 1.97 bits per heavy atom. The summed E-state index contributed by atoms with van der Waals surface area (Å²) in [6.45, 7) is 5.63. The van der Waals surface area contributed by atoms with E-state index in [1.807, 2.05) is 67.8 Å². The zero-order chi connectivity index (χ0) is 23.2. The second-order valence-electron chi connectivity index (χ2n) is 8.07. The third-order valence-electron chi connectivity index (χ3n) is 5.30. The molecule has 0 spiro atoms. The van der Waals surface area contributed by atoms with Gasteiger partial charge in [-0.1, -0.05) is 36.8 Å². The highest BCUT2D eigenvalue weighted by Gasteiger charge is 2.30. The van der Waals surface area contributed by atoms with E-state index in [1.54, 1.807) is 0 Å². The number of aryl methyl sites for hydroxylation is 1. The van der Waals surface area contributed by atoms with E-state index in [9.17, 15) is 9.59 Å². The molecule has 4 rings (SSSR count). The number of ether oxygens (including phenoxy) is 1. The molecule has 2 heterocycles. The number of benzene rings is 2. The minimum Gasteiger partial charge on any atom is -0.477 e. The largest absolute Gasteiger partial charge is 0.477 e. The van der Waals surface area contributed by atoms with Crippen LogP contribution in [0.5, 0.6) is 5.75 Å². The Hall–Kier alpha value is -3.39. The first-order chi connectivity index (χ1) is 16.0. The lowest BCUT2D eigenvalue weighted by atomic mass is 10.1. The van der Waals surface area contributed by atoms with Gasteiger partial charge in [0.25, 0.3) is 5.91 Å². The molecule has 1 aromatic heterocycles. The zero-order valence-electron chi connectivity index (χ0n) is 18.8. The number of aromatic nitrogens is 1. The third kappa shape index (κ3) is 5.90. The highest BCUT2D eigenvalue weighted by molar-refractivity contribution is 7.09. The van der Waals surface area contributed by atoms with E-state index in [0.717, 1.165) is 34.1 Å². The van der Waals surface area contributed by atoms with E-state index >= 15 is 0 Å². The second-order valence-corrected chi connectivity index (χ2v) is 9.01. The minimum atomic E-state index is -0.579. The van der Waals surface area contributed by atoms with Gasteiger partial charge in [0.15, 0.2) is 6.10 Å². The Morgan fingerprint density at radius 3 is 2.76 bits per heavy atom. The van der Waals surface area contributed by atoms with Crippen molar-refractivity contribution >= 4 is 34.5 Å². The molecule has 0 saturated heterocycles. The Kier molecular flexibility index (Phi) is 7.24. The molecule has 1 aliphatic heterocycles. The molecule has 33 heavy (non-hydrogen) atoms. The number of nitrogens with one attached hydrogen (secondary N) is 2. The lowest BCUT2D eigenvalue weighted by molar-refractivity contribution is -0.127. The highest BCUT2D eigenvalue weighted by Crippen LogP contribution is 2.34. The average molecular weight is 465 g/mol. The summed E-state index contributed by atoms with van der Waals surface area (Å²) in [6, 6.07) is 15.4. The first kappa shape index (κ1) is 22.8. The normalized spacial score (nSPS) is 14.8. The molecule has 0 saturated carbocycles. The maximum atomic E-state index is 12.5. The predicted octanol–water partition coefficient (Wildman–Crippen LogP) is 3.93. The van der Waals surface area contributed by atoms with Crippen molar-refractivity contribution in [3.05, 3.63) is 70.2 Å². The Morgan fingerprint density at radius 1 is 1.18 bits per heavy atom. The van der Waals surface area contributed by atoms with Crippen LogP contribution in [0.3, 0.4) is 0 Å². The Balaban J connectivity index is 1.41. The van der Waals surface area contributed by atoms with Gasteiger partial charge in [-0.3, -0.25) is 9.59 Å². The van der Waals surface area contributed by atoms with Crippen LogP contribution in [0.4, 0.5) is 11.4 Å². The molecule has 1 aliphatic rings. The number of carbonyl (C=O) groups is 2. The lowest BCUT2D eigenvalue weighted by Gasteiger charge is -2.35. The van der Waals surface area contributed by atoms with Crippen LogP contribution in [-0.4, -0.2) is 36.0 Å². The van der Waals surface area contributed by atoms with Gasteiger partial charge in [0.1, 0.15) is 10.8 Å². The van der Waals surface area contributed by atoms with Gasteiger partial charge in [-0.05, 0) is 37.6 Å². The summed E-state index contributed by atoms with van der Waals surface area (Å²) >= 11 is 1.47. The molecule has 2 aromatic carbocycles. The zero-order valence-corrected chi connectivity index (χ0v) is 19.7. The number of nitrogens with zero attached hydrogens (tertiary/aromatic N) is 2. The molecule has 0 aliphatic carbocycles. The fraction of sp³-hybridized carbons (Fsp3) is 0.320. The number of fused-ring (bicyclic) bond motifs is 1. The van der Waals surface area contributed by atoms with E-state index in [-0.39, 0.29) is 18.2 Å². The number of anilines is 2. The standard InChI is InChI=1S/C25H28N4O3S/c1-3-12-26-25(31)22-15-29(20-6-4-5-7-21(20)32-22)14-19-16-33-24(28-19)13-23(30)27-18-10-8-17(2)9-11-18/h4-11,16,22H,3,12-15H2,1-2H3,(H,26,31)(H,27,30). The predicted molar refractivity (Wildman–Crippen MR) is 131 cm³/mol. The summed E-state index contributed by atoms with van der Waals surface area (Å²) in [5, 5.41) is 8.56. The molecule has 2 N–H and O–H groups in total. The molecule has 7 nitrogen and oxygen atoms in total. The summed E-state index contributed by atoms with van der Waals surface area (Å²) in [4.78, 5) is 31.7. The summed E-state index contributed by atoms with van der Waals surface area (Å²) in [5.74, 6) is 0.487. The molecule has 0 fully saturated rings. The summed E-state index contributed by atoms with van der Waals surface area (Å²) in [5.41, 5.74) is 3.72.